The number of hydrogen-bond donors (Lipinski definition) is 1. The van der Waals surface area contributed by atoms with Crippen molar-refractivity contribution in [2.75, 3.05) is 33.9 Å². The maximum atomic E-state index is 9.27. The molecule has 1 rings (SSSR count). The molecule has 1 fully saturated rings. The summed E-state index contributed by atoms with van der Waals surface area (Å²) in [7, 11) is 3.79. The van der Waals surface area contributed by atoms with E-state index in [1.54, 1.807) is 7.11 Å². The Morgan fingerprint density at radius 3 is 2.93 bits per heavy atom. The fourth-order valence-corrected chi connectivity index (χ4v) is 2.04. The highest BCUT2D eigenvalue weighted by Crippen LogP contribution is 2.25. The predicted molar refractivity (Wildman–Crippen MR) is 59.5 cm³/mol. The van der Waals surface area contributed by atoms with E-state index in [9.17, 15) is 5.26 Å². The molecule has 0 amide bonds. The van der Waals surface area contributed by atoms with Gasteiger partial charge in [-0.05, 0) is 26.8 Å². The van der Waals surface area contributed by atoms with Gasteiger partial charge in [0.2, 0.25) is 0 Å². The molecule has 4 nitrogen and oxygen atoms in total. The van der Waals surface area contributed by atoms with Gasteiger partial charge in [-0.3, -0.25) is 5.32 Å². The van der Waals surface area contributed by atoms with Gasteiger partial charge in [0.1, 0.15) is 5.54 Å². The van der Waals surface area contributed by atoms with Gasteiger partial charge in [0.05, 0.1) is 12.7 Å². The average molecular weight is 211 g/mol. The summed E-state index contributed by atoms with van der Waals surface area (Å²) in [6.07, 6.45) is 1.79. The van der Waals surface area contributed by atoms with Gasteiger partial charge < -0.3 is 9.64 Å². The molecule has 1 aliphatic heterocycles. The van der Waals surface area contributed by atoms with Crippen molar-refractivity contribution in [3.63, 3.8) is 0 Å². The number of nitrogens with one attached hydrogen (secondary N) is 1. The van der Waals surface area contributed by atoms with Gasteiger partial charge in [-0.2, -0.15) is 5.26 Å². The normalized spacial score (nSPS) is 32.5. The molecule has 0 aromatic heterocycles. The van der Waals surface area contributed by atoms with Crippen LogP contribution in [-0.4, -0.2) is 50.3 Å². The molecule has 0 radical (unpaired) electrons. The standard InChI is InChI=1S/C11H21N3O/c1-10-8-11(9-12,4-6-14(10)2)13-5-7-15-3/h10,13H,4-8H2,1-3H3. The van der Waals surface area contributed by atoms with Gasteiger partial charge in [0.25, 0.3) is 0 Å². The lowest BCUT2D eigenvalue weighted by molar-refractivity contribution is 0.126. The number of ether oxygens (including phenoxy) is 1. The maximum absolute atomic E-state index is 9.27. The molecule has 15 heavy (non-hydrogen) atoms. The summed E-state index contributed by atoms with van der Waals surface area (Å²) >= 11 is 0. The lowest BCUT2D eigenvalue weighted by Gasteiger charge is -2.40. The first-order chi connectivity index (χ1) is 7.13. The van der Waals surface area contributed by atoms with Gasteiger partial charge >= 0.3 is 0 Å². The van der Waals surface area contributed by atoms with Crippen LogP contribution in [0.3, 0.4) is 0 Å². The third-order valence-corrected chi connectivity index (χ3v) is 3.27. The molecule has 2 unspecified atom stereocenters. The fraction of sp³-hybridized carbons (Fsp3) is 0.909. The number of rotatable bonds is 4. The lowest BCUT2D eigenvalue weighted by Crippen LogP contribution is -2.55. The second kappa shape index (κ2) is 5.45. The third-order valence-electron chi connectivity index (χ3n) is 3.27. The van der Waals surface area contributed by atoms with Crippen LogP contribution in [0.2, 0.25) is 0 Å². The van der Waals surface area contributed by atoms with E-state index in [0.29, 0.717) is 12.6 Å². The van der Waals surface area contributed by atoms with Crippen LogP contribution in [0.15, 0.2) is 0 Å². The number of methoxy groups -OCH3 is 1. The Morgan fingerprint density at radius 2 is 2.40 bits per heavy atom. The van der Waals surface area contributed by atoms with Crippen molar-refractivity contribution in [3.05, 3.63) is 0 Å². The van der Waals surface area contributed by atoms with Gasteiger partial charge in [-0.1, -0.05) is 0 Å². The van der Waals surface area contributed by atoms with Crippen LogP contribution in [0.25, 0.3) is 0 Å². The second-order valence-corrected chi connectivity index (χ2v) is 4.40. The van der Waals surface area contributed by atoms with E-state index in [0.717, 1.165) is 25.9 Å². The minimum Gasteiger partial charge on any atom is -0.383 e. The first kappa shape index (κ1) is 12.4. The molecule has 1 aliphatic rings. The molecule has 1 heterocycles. The molecule has 86 valence electrons. The van der Waals surface area contributed by atoms with Crippen LogP contribution in [-0.2, 0) is 4.74 Å². The highest BCUT2D eigenvalue weighted by atomic mass is 16.5. The number of nitriles is 1. The predicted octanol–water partition coefficient (Wildman–Crippen LogP) is 0.599. The summed E-state index contributed by atoms with van der Waals surface area (Å²) in [6, 6.07) is 2.90. The van der Waals surface area contributed by atoms with Gasteiger partial charge in [-0.15, -0.1) is 0 Å². The van der Waals surface area contributed by atoms with Crippen LogP contribution >= 0.6 is 0 Å². The molecule has 0 aromatic carbocycles. The average Bonchev–Trinajstić information content (AvgIpc) is 2.24. The second-order valence-electron chi connectivity index (χ2n) is 4.40. The Morgan fingerprint density at radius 1 is 1.67 bits per heavy atom. The molecule has 2 atom stereocenters. The van der Waals surface area contributed by atoms with Crippen LogP contribution in [0, 0.1) is 11.3 Å². The lowest BCUT2D eigenvalue weighted by atomic mass is 9.85. The zero-order valence-electron chi connectivity index (χ0n) is 9.92. The minimum absolute atomic E-state index is 0.343. The summed E-state index contributed by atoms with van der Waals surface area (Å²) in [4.78, 5) is 2.30. The third kappa shape index (κ3) is 3.16. The van der Waals surface area contributed by atoms with E-state index >= 15 is 0 Å². The number of likely N-dealkylation sites (tertiary alicyclic amines) is 1. The zero-order chi connectivity index (χ0) is 11.3. The van der Waals surface area contributed by atoms with Crippen molar-refractivity contribution in [3.8, 4) is 6.07 Å². The molecule has 0 spiro atoms. The largest absolute Gasteiger partial charge is 0.383 e. The number of piperidine rings is 1. The summed E-state index contributed by atoms with van der Waals surface area (Å²) in [6.45, 7) is 4.56. The highest BCUT2D eigenvalue weighted by Gasteiger charge is 2.36. The Kier molecular flexibility index (Phi) is 4.52. The highest BCUT2D eigenvalue weighted by molar-refractivity contribution is 5.11. The van der Waals surface area contributed by atoms with E-state index in [1.807, 2.05) is 0 Å². The van der Waals surface area contributed by atoms with Crippen molar-refractivity contribution < 1.29 is 4.74 Å². The summed E-state index contributed by atoms with van der Waals surface area (Å²) < 4.78 is 4.99. The molecule has 4 heteroatoms. The maximum Gasteiger partial charge on any atom is 0.109 e. The molecule has 0 saturated carbocycles. The molecule has 0 aromatic rings. The van der Waals surface area contributed by atoms with E-state index in [4.69, 9.17) is 4.74 Å². The number of hydrogen-bond acceptors (Lipinski definition) is 4. The molecule has 1 saturated heterocycles. The smallest absolute Gasteiger partial charge is 0.109 e. The van der Waals surface area contributed by atoms with Crippen molar-refractivity contribution >= 4 is 0 Å². The Balaban J connectivity index is 2.50. The van der Waals surface area contributed by atoms with Crippen molar-refractivity contribution in [2.24, 2.45) is 0 Å². The van der Waals surface area contributed by atoms with Gasteiger partial charge in [0, 0.05) is 26.2 Å². The monoisotopic (exact) mass is 211 g/mol. The van der Waals surface area contributed by atoms with E-state index in [-0.39, 0.29) is 5.54 Å². The summed E-state index contributed by atoms with van der Waals surface area (Å²) in [5, 5.41) is 12.6. The molecular formula is C11H21N3O. The molecular weight excluding hydrogens is 190 g/mol. The topological polar surface area (TPSA) is 48.3 Å². The van der Waals surface area contributed by atoms with Crippen LogP contribution in [0.5, 0.6) is 0 Å². The Hall–Kier alpha value is -0.630. The minimum atomic E-state index is -0.343. The van der Waals surface area contributed by atoms with Gasteiger partial charge in [-0.25, -0.2) is 0 Å². The van der Waals surface area contributed by atoms with Gasteiger partial charge in [0.15, 0.2) is 0 Å². The number of nitrogens with zero attached hydrogens (tertiary/aromatic N) is 2. The Labute approximate surface area is 92.2 Å². The zero-order valence-corrected chi connectivity index (χ0v) is 9.92. The first-order valence-electron chi connectivity index (χ1n) is 5.49. The Bertz CT molecular complexity index is 238. The van der Waals surface area contributed by atoms with E-state index in [2.05, 4.69) is 30.3 Å². The quantitative estimate of drug-likeness (QED) is 0.692. The van der Waals surface area contributed by atoms with E-state index < -0.39 is 0 Å². The van der Waals surface area contributed by atoms with Crippen molar-refractivity contribution in [2.45, 2.75) is 31.3 Å². The summed E-state index contributed by atoms with van der Waals surface area (Å²) in [5.74, 6) is 0. The van der Waals surface area contributed by atoms with Crippen molar-refractivity contribution in [1.82, 2.24) is 10.2 Å². The van der Waals surface area contributed by atoms with Crippen molar-refractivity contribution in [1.29, 1.82) is 5.26 Å². The first-order valence-corrected chi connectivity index (χ1v) is 5.49. The summed E-state index contributed by atoms with van der Waals surface area (Å²) in [5.41, 5.74) is -0.343. The SMILES string of the molecule is COCCNC1(C#N)CCN(C)C(C)C1. The van der Waals surface area contributed by atoms with Crippen LogP contribution in [0.4, 0.5) is 0 Å². The molecule has 1 N–H and O–H groups in total. The van der Waals surface area contributed by atoms with Crippen LogP contribution < -0.4 is 5.32 Å². The fourth-order valence-electron chi connectivity index (χ4n) is 2.04. The van der Waals surface area contributed by atoms with Crippen LogP contribution in [0.1, 0.15) is 19.8 Å². The molecule has 0 bridgehead atoms. The molecule has 0 aliphatic carbocycles. The van der Waals surface area contributed by atoms with E-state index in [1.165, 1.54) is 0 Å².